The van der Waals surface area contributed by atoms with E-state index in [1.54, 1.807) is 0 Å². The fourth-order valence-corrected chi connectivity index (χ4v) is 3.39. The van der Waals surface area contributed by atoms with Gasteiger partial charge in [0.2, 0.25) is 5.82 Å². The molecule has 2 atom stereocenters. The highest BCUT2D eigenvalue weighted by atomic mass is 19.4. The molecule has 2 aromatic carbocycles. The van der Waals surface area contributed by atoms with Crippen LogP contribution in [0.4, 0.5) is 65.9 Å². The second-order valence-electron chi connectivity index (χ2n) is 7.60. The summed E-state index contributed by atoms with van der Waals surface area (Å²) in [6, 6.07) is 1.98. The third-order valence-corrected chi connectivity index (χ3v) is 5.20. The van der Waals surface area contributed by atoms with Crippen LogP contribution in [0.2, 0.25) is 0 Å². The van der Waals surface area contributed by atoms with Gasteiger partial charge >= 0.3 is 24.2 Å². The molecular weight excluding hydrogens is 541 g/mol. The average Bonchev–Trinajstić information content (AvgIpc) is 2.73. The number of rotatable bonds is 7. The second kappa shape index (κ2) is 9.57. The lowest BCUT2D eigenvalue weighted by molar-refractivity contribution is -0.292. The second-order valence-corrected chi connectivity index (χ2v) is 7.60. The molecule has 2 rings (SSSR count). The number of benzene rings is 2. The van der Waals surface area contributed by atoms with Gasteiger partial charge in [-0.3, -0.25) is 0 Å². The van der Waals surface area contributed by atoms with Crippen LogP contribution < -0.4 is 0 Å². The molecule has 202 valence electrons. The Morgan fingerprint density at radius 1 is 0.528 bits per heavy atom. The summed E-state index contributed by atoms with van der Waals surface area (Å²) in [6.45, 7) is 0. The van der Waals surface area contributed by atoms with Crippen molar-refractivity contribution in [3.8, 4) is 5.75 Å². The molecule has 0 aliphatic rings. The lowest BCUT2D eigenvalue weighted by Crippen LogP contribution is -2.42. The minimum atomic E-state index is -6.57. The fourth-order valence-electron chi connectivity index (χ4n) is 3.39. The molecule has 0 saturated heterocycles. The van der Waals surface area contributed by atoms with Crippen LogP contribution >= 0.6 is 0 Å². The molecule has 1 N–H and O–H groups in total. The van der Waals surface area contributed by atoms with Crippen molar-refractivity contribution in [3.63, 3.8) is 0 Å². The molecule has 36 heavy (non-hydrogen) atoms. The van der Waals surface area contributed by atoms with E-state index in [1.165, 1.54) is 0 Å². The predicted molar refractivity (Wildman–Crippen MR) is 91.1 cm³/mol. The van der Waals surface area contributed by atoms with E-state index in [-0.39, 0.29) is 0 Å². The van der Waals surface area contributed by atoms with Gasteiger partial charge in [0.05, 0.1) is 0 Å². The summed E-state index contributed by atoms with van der Waals surface area (Å²) in [5.74, 6) is -33.8. The quantitative estimate of drug-likeness (QED) is 0.209. The molecule has 0 aliphatic heterocycles. The summed E-state index contributed by atoms with van der Waals surface area (Å²) in [5, 5.41) is 9.28. The zero-order valence-corrected chi connectivity index (χ0v) is 17.0. The van der Waals surface area contributed by atoms with Crippen molar-refractivity contribution in [2.24, 2.45) is 0 Å². The van der Waals surface area contributed by atoms with E-state index >= 15 is 0 Å². The fraction of sp³-hybridized carbons (Fsp3) is 0.400. The lowest BCUT2D eigenvalue weighted by Gasteiger charge is -2.34. The summed E-state index contributed by atoms with van der Waals surface area (Å²) in [7, 11) is 0. The first-order chi connectivity index (χ1) is 16.1. The van der Waals surface area contributed by atoms with E-state index in [2.05, 4.69) is 0 Å². The summed E-state index contributed by atoms with van der Waals surface area (Å²) >= 11 is 0. The van der Waals surface area contributed by atoms with Gasteiger partial charge in [-0.25, -0.2) is 22.0 Å². The van der Waals surface area contributed by atoms with Gasteiger partial charge in [0.1, 0.15) is 5.75 Å². The molecule has 2 unspecified atom stereocenters. The Hall–Kier alpha value is -2.81. The van der Waals surface area contributed by atoms with Crippen LogP contribution in [0.1, 0.15) is 35.8 Å². The van der Waals surface area contributed by atoms with Crippen LogP contribution in [0.5, 0.6) is 5.75 Å². The normalized spacial score (nSPS) is 15.2. The van der Waals surface area contributed by atoms with E-state index in [0.717, 1.165) is 0 Å². The van der Waals surface area contributed by atoms with Crippen LogP contribution in [-0.4, -0.2) is 29.3 Å². The molecule has 0 aromatic heterocycles. The van der Waals surface area contributed by atoms with Crippen LogP contribution in [0.25, 0.3) is 0 Å². The first kappa shape index (κ1) is 29.4. The highest BCUT2D eigenvalue weighted by molar-refractivity contribution is 5.35. The van der Waals surface area contributed by atoms with E-state index in [0.29, 0.717) is 24.3 Å². The first-order valence-electron chi connectivity index (χ1n) is 9.31. The number of phenolic OH excluding ortho intramolecular Hbond substituents is 1. The molecule has 0 aliphatic carbocycles. The monoisotopic (exact) mass is 552 g/mol. The highest BCUT2D eigenvalue weighted by Gasteiger charge is 2.62. The third kappa shape index (κ3) is 5.61. The smallest absolute Gasteiger partial charge is 0.453 e. The van der Waals surface area contributed by atoms with Crippen LogP contribution in [0, 0.1) is 29.1 Å². The molecule has 1 nitrogen and oxygen atoms in total. The molecule has 0 radical (unpaired) electrons. The van der Waals surface area contributed by atoms with Gasteiger partial charge in [-0.05, 0) is 23.6 Å². The Kier molecular flexibility index (Phi) is 7.82. The van der Waals surface area contributed by atoms with Crippen molar-refractivity contribution >= 4 is 0 Å². The first-order valence-corrected chi connectivity index (χ1v) is 9.31. The maximum absolute atomic E-state index is 14.4. The molecule has 16 heteroatoms. The number of hydrogen-bond donors (Lipinski definition) is 1. The van der Waals surface area contributed by atoms with E-state index < -0.39 is 94.8 Å². The number of halogens is 15. The summed E-state index contributed by atoms with van der Waals surface area (Å²) in [5.41, 5.74) is -3.46. The number of aromatic hydroxyl groups is 1. The predicted octanol–water partition coefficient (Wildman–Crippen LogP) is 8.13. The zero-order valence-electron chi connectivity index (χ0n) is 17.0. The van der Waals surface area contributed by atoms with Crippen molar-refractivity contribution < 1.29 is 71.0 Å². The molecule has 0 bridgehead atoms. The molecule has 0 amide bonds. The summed E-state index contributed by atoms with van der Waals surface area (Å²) in [6.07, 6.45) is -18.7. The van der Waals surface area contributed by atoms with Gasteiger partial charge in [-0.15, -0.1) is 0 Å². The Morgan fingerprint density at radius 2 is 0.861 bits per heavy atom. The highest BCUT2D eigenvalue weighted by Crippen LogP contribution is 2.53. The molecule has 0 heterocycles. The summed E-state index contributed by atoms with van der Waals surface area (Å²) < 4.78 is 203. The van der Waals surface area contributed by atoms with Crippen molar-refractivity contribution in [3.05, 3.63) is 64.5 Å². The van der Waals surface area contributed by atoms with Gasteiger partial charge in [0.15, 0.2) is 23.3 Å². The van der Waals surface area contributed by atoms with Crippen LogP contribution in [0.15, 0.2) is 24.3 Å². The Labute approximate surface area is 191 Å². The molecular formula is C20H11F15O. The maximum atomic E-state index is 14.4. The van der Waals surface area contributed by atoms with E-state index in [4.69, 9.17) is 0 Å². The minimum absolute atomic E-state index is 0.442. The maximum Gasteiger partial charge on any atom is 0.453 e. The van der Waals surface area contributed by atoms with Gasteiger partial charge in [0.25, 0.3) is 0 Å². The number of hydrogen-bond acceptors (Lipinski definition) is 1. The van der Waals surface area contributed by atoms with Crippen molar-refractivity contribution in [1.82, 2.24) is 0 Å². The van der Waals surface area contributed by atoms with Gasteiger partial charge < -0.3 is 5.11 Å². The Morgan fingerprint density at radius 3 is 1.22 bits per heavy atom. The van der Waals surface area contributed by atoms with Crippen molar-refractivity contribution in [1.29, 1.82) is 0 Å². The standard InChI is InChI=1S/C20H11F15O/c21-12-11(13(22)15(24)16(25)14(12)23)10(6-18(28,29)20(33,34)35)9(5-17(26,27)19(30,31)32)7-1-3-8(36)4-2-7/h1-4,9-10,36H,5-6H2. The third-order valence-electron chi connectivity index (χ3n) is 5.20. The number of alkyl halides is 10. The average molecular weight is 552 g/mol. The summed E-state index contributed by atoms with van der Waals surface area (Å²) in [4.78, 5) is 0. The van der Waals surface area contributed by atoms with Crippen molar-refractivity contribution in [2.75, 3.05) is 0 Å². The number of phenols is 1. The molecule has 0 spiro atoms. The van der Waals surface area contributed by atoms with Gasteiger partial charge in [-0.2, -0.15) is 43.9 Å². The SMILES string of the molecule is Oc1ccc(C(CC(F)(F)C(F)(F)F)C(CC(F)(F)C(F)(F)F)c2c(F)c(F)c(F)c(F)c2F)cc1. The molecule has 0 saturated carbocycles. The molecule has 0 fully saturated rings. The van der Waals surface area contributed by atoms with Gasteiger partial charge in [-0.1, -0.05) is 12.1 Å². The Balaban J connectivity index is 2.93. The topological polar surface area (TPSA) is 20.2 Å². The van der Waals surface area contributed by atoms with E-state index in [9.17, 15) is 71.0 Å². The lowest BCUT2D eigenvalue weighted by atomic mass is 9.74. The van der Waals surface area contributed by atoms with Gasteiger partial charge in [0, 0.05) is 24.3 Å². The largest absolute Gasteiger partial charge is 0.508 e. The Bertz CT molecular complexity index is 1060. The van der Waals surface area contributed by atoms with Crippen molar-refractivity contribution in [2.45, 2.75) is 48.9 Å². The van der Waals surface area contributed by atoms with E-state index in [1.807, 2.05) is 0 Å². The zero-order chi connectivity index (χ0) is 28.0. The van der Waals surface area contributed by atoms with Crippen LogP contribution in [0.3, 0.4) is 0 Å². The van der Waals surface area contributed by atoms with Crippen LogP contribution in [-0.2, 0) is 0 Å². The molecule has 2 aromatic rings. The minimum Gasteiger partial charge on any atom is -0.508 e.